The van der Waals surface area contributed by atoms with Gasteiger partial charge in [0.2, 0.25) is 0 Å². The molecule has 2 fully saturated rings. The van der Waals surface area contributed by atoms with E-state index < -0.39 is 0 Å². The summed E-state index contributed by atoms with van der Waals surface area (Å²) in [5.41, 5.74) is 2.42. The van der Waals surface area contributed by atoms with Gasteiger partial charge in [0, 0.05) is 60.9 Å². The third-order valence-electron chi connectivity index (χ3n) is 6.35. The molecule has 4 rings (SSSR count). The fraction of sp³-hybridized carbons (Fsp3) is 0.591. The third kappa shape index (κ3) is 5.79. The highest BCUT2D eigenvalue weighted by Crippen LogP contribution is 2.26. The summed E-state index contributed by atoms with van der Waals surface area (Å²) in [6.45, 7) is 3.28. The molecule has 2 aromatic rings. The summed E-state index contributed by atoms with van der Waals surface area (Å²) in [5, 5.41) is 9.09. The summed E-state index contributed by atoms with van der Waals surface area (Å²) in [5.74, 6) is 0.914. The van der Waals surface area contributed by atoms with E-state index in [-0.39, 0.29) is 24.0 Å². The van der Waals surface area contributed by atoms with Crippen molar-refractivity contribution in [1.82, 2.24) is 20.5 Å². The first-order chi connectivity index (χ1) is 13.7. The van der Waals surface area contributed by atoms with Crippen LogP contribution in [-0.2, 0) is 6.42 Å². The highest BCUT2D eigenvalue weighted by atomic mass is 127. The predicted octanol–water partition coefficient (Wildman–Crippen LogP) is 4.55. The number of nitrogens with zero attached hydrogens (tertiary/aromatic N) is 2. The molecule has 1 aromatic heterocycles. The number of guanidine groups is 1. The maximum Gasteiger partial charge on any atom is 0.191 e. The molecule has 1 aromatic carbocycles. The minimum Gasteiger partial charge on any atom is -0.361 e. The molecule has 2 heterocycles. The van der Waals surface area contributed by atoms with Gasteiger partial charge in [-0.2, -0.15) is 0 Å². The minimum atomic E-state index is 0. The molecule has 1 saturated carbocycles. The number of nitrogens with one attached hydrogen (secondary N) is 3. The molecule has 1 saturated heterocycles. The van der Waals surface area contributed by atoms with Crippen LogP contribution in [0, 0.1) is 0 Å². The van der Waals surface area contributed by atoms with E-state index in [2.05, 4.69) is 31.7 Å². The van der Waals surface area contributed by atoms with E-state index in [0.29, 0.717) is 6.04 Å². The van der Waals surface area contributed by atoms with Gasteiger partial charge in [0.1, 0.15) is 0 Å². The molecule has 0 bridgehead atoms. The Hall–Kier alpha value is -0.990. The van der Waals surface area contributed by atoms with E-state index in [1.54, 1.807) is 0 Å². The van der Waals surface area contributed by atoms with Crippen LogP contribution in [0.1, 0.15) is 44.1 Å². The lowest BCUT2D eigenvalue weighted by Crippen LogP contribution is -2.50. The molecule has 0 atom stereocenters. The van der Waals surface area contributed by atoms with Crippen molar-refractivity contribution in [3.63, 3.8) is 0 Å². The number of halogens is 2. The molecule has 0 radical (unpaired) electrons. The fourth-order valence-electron chi connectivity index (χ4n) is 4.74. The molecule has 160 valence electrons. The molecule has 0 unspecified atom stereocenters. The summed E-state index contributed by atoms with van der Waals surface area (Å²) >= 11 is 6.15. The molecule has 2 aliphatic rings. The lowest BCUT2D eigenvalue weighted by Gasteiger charge is -2.36. The van der Waals surface area contributed by atoms with E-state index >= 15 is 0 Å². The van der Waals surface area contributed by atoms with Gasteiger partial charge in [-0.15, -0.1) is 24.0 Å². The number of aliphatic imine (C=N–C) groups is 1. The van der Waals surface area contributed by atoms with Gasteiger partial charge in [-0.25, -0.2) is 0 Å². The lowest BCUT2D eigenvalue weighted by molar-refractivity contribution is 0.150. The van der Waals surface area contributed by atoms with Crippen LogP contribution in [0.3, 0.4) is 0 Å². The highest BCUT2D eigenvalue weighted by molar-refractivity contribution is 14.0. The number of hydrogen-bond acceptors (Lipinski definition) is 2. The van der Waals surface area contributed by atoms with Gasteiger partial charge in [-0.1, -0.05) is 24.4 Å². The second-order valence-electron chi connectivity index (χ2n) is 8.15. The molecular weight excluding hydrogens is 497 g/mol. The molecule has 1 aliphatic heterocycles. The van der Waals surface area contributed by atoms with Gasteiger partial charge in [0.05, 0.1) is 0 Å². The van der Waals surface area contributed by atoms with Gasteiger partial charge in [0.25, 0.3) is 0 Å². The highest BCUT2D eigenvalue weighted by Gasteiger charge is 2.27. The standard InChI is InChI=1S/C22H32ClN5.HI/c1-24-22(27-18-9-12-28(13-10-18)19-4-2-3-5-19)25-11-8-16-15-26-21-7-6-17(23)14-20(16)21;/h6-7,14-15,18-19,26H,2-5,8-13H2,1H3,(H2,24,25,27);1H. The number of aromatic nitrogens is 1. The smallest absolute Gasteiger partial charge is 0.191 e. The molecule has 5 nitrogen and oxygen atoms in total. The molecule has 29 heavy (non-hydrogen) atoms. The number of rotatable bonds is 5. The fourth-order valence-corrected chi connectivity index (χ4v) is 4.91. The van der Waals surface area contributed by atoms with Crippen molar-refractivity contribution in [3.05, 3.63) is 35.0 Å². The number of H-pyrrole nitrogens is 1. The Bertz CT molecular complexity index is 807. The zero-order valence-electron chi connectivity index (χ0n) is 17.2. The molecular formula is C22H33ClIN5. The Morgan fingerprint density at radius 2 is 1.97 bits per heavy atom. The van der Waals surface area contributed by atoms with Gasteiger partial charge in [0.15, 0.2) is 5.96 Å². The third-order valence-corrected chi connectivity index (χ3v) is 6.59. The Labute approximate surface area is 196 Å². The first-order valence-corrected chi connectivity index (χ1v) is 11.1. The number of hydrogen-bond donors (Lipinski definition) is 3. The zero-order chi connectivity index (χ0) is 19.3. The van der Waals surface area contributed by atoms with Crippen LogP contribution < -0.4 is 10.6 Å². The topological polar surface area (TPSA) is 55.5 Å². The minimum absolute atomic E-state index is 0. The van der Waals surface area contributed by atoms with Crippen molar-refractivity contribution >= 4 is 52.4 Å². The number of piperidine rings is 1. The first-order valence-electron chi connectivity index (χ1n) is 10.7. The van der Waals surface area contributed by atoms with Gasteiger partial charge < -0.3 is 20.5 Å². The maximum absolute atomic E-state index is 6.15. The first kappa shape index (κ1) is 22.7. The zero-order valence-corrected chi connectivity index (χ0v) is 20.3. The SMILES string of the molecule is CN=C(NCCc1c[nH]c2ccc(Cl)cc12)NC1CCN(C2CCCC2)CC1.I. The summed E-state index contributed by atoms with van der Waals surface area (Å²) in [7, 11) is 1.86. The van der Waals surface area contributed by atoms with Crippen molar-refractivity contribution < 1.29 is 0 Å². The van der Waals surface area contributed by atoms with Crippen LogP contribution in [0.15, 0.2) is 29.4 Å². The maximum atomic E-state index is 6.15. The number of benzene rings is 1. The van der Waals surface area contributed by atoms with Crippen LogP contribution in [0.25, 0.3) is 10.9 Å². The van der Waals surface area contributed by atoms with Crippen molar-refractivity contribution in [2.75, 3.05) is 26.7 Å². The van der Waals surface area contributed by atoms with E-state index in [1.165, 1.54) is 62.6 Å². The average Bonchev–Trinajstić information content (AvgIpc) is 3.38. The summed E-state index contributed by atoms with van der Waals surface area (Å²) in [6.07, 6.45) is 11.1. The van der Waals surface area contributed by atoms with Crippen LogP contribution >= 0.6 is 35.6 Å². The number of fused-ring (bicyclic) bond motifs is 1. The lowest BCUT2D eigenvalue weighted by atomic mass is 10.0. The Kier molecular flexibility index (Phi) is 8.50. The average molecular weight is 530 g/mol. The van der Waals surface area contributed by atoms with E-state index in [1.807, 2.05) is 25.2 Å². The van der Waals surface area contributed by atoms with Crippen molar-refractivity contribution in [2.24, 2.45) is 4.99 Å². The molecule has 3 N–H and O–H groups in total. The summed E-state index contributed by atoms with van der Waals surface area (Å²) < 4.78 is 0. The monoisotopic (exact) mass is 529 g/mol. The number of likely N-dealkylation sites (tertiary alicyclic amines) is 1. The van der Waals surface area contributed by atoms with E-state index in [4.69, 9.17) is 11.6 Å². The van der Waals surface area contributed by atoms with Gasteiger partial charge in [-0.3, -0.25) is 4.99 Å². The Morgan fingerprint density at radius 3 is 2.69 bits per heavy atom. The predicted molar refractivity (Wildman–Crippen MR) is 134 cm³/mol. The largest absolute Gasteiger partial charge is 0.361 e. The van der Waals surface area contributed by atoms with Crippen LogP contribution in [0.2, 0.25) is 5.02 Å². The Balaban J connectivity index is 0.00000240. The van der Waals surface area contributed by atoms with Crippen LogP contribution in [-0.4, -0.2) is 54.6 Å². The Morgan fingerprint density at radius 1 is 1.21 bits per heavy atom. The van der Waals surface area contributed by atoms with E-state index in [9.17, 15) is 0 Å². The van der Waals surface area contributed by atoms with Gasteiger partial charge >= 0.3 is 0 Å². The quantitative estimate of drug-likeness (QED) is 0.303. The second kappa shape index (κ2) is 10.9. The summed E-state index contributed by atoms with van der Waals surface area (Å²) in [6, 6.07) is 7.37. The number of aromatic amines is 1. The molecule has 7 heteroatoms. The van der Waals surface area contributed by atoms with Crippen molar-refractivity contribution in [3.8, 4) is 0 Å². The molecule has 0 spiro atoms. The van der Waals surface area contributed by atoms with Crippen molar-refractivity contribution in [2.45, 2.75) is 57.0 Å². The van der Waals surface area contributed by atoms with E-state index in [0.717, 1.165) is 35.5 Å². The molecule has 1 aliphatic carbocycles. The summed E-state index contributed by atoms with van der Waals surface area (Å²) in [4.78, 5) is 10.5. The van der Waals surface area contributed by atoms with Crippen molar-refractivity contribution in [1.29, 1.82) is 0 Å². The van der Waals surface area contributed by atoms with Crippen LogP contribution in [0.5, 0.6) is 0 Å². The normalized spacial score (nSPS) is 19.4. The molecule has 0 amide bonds. The van der Waals surface area contributed by atoms with Gasteiger partial charge in [-0.05, 0) is 55.9 Å². The second-order valence-corrected chi connectivity index (χ2v) is 8.58. The van der Waals surface area contributed by atoms with Crippen LogP contribution in [0.4, 0.5) is 0 Å².